The Labute approximate surface area is 136 Å². The molecule has 0 saturated carbocycles. The molecule has 0 aromatic carbocycles. The Bertz CT molecular complexity index is 545. The first-order chi connectivity index (χ1) is 10.7. The summed E-state index contributed by atoms with van der Waals surface area (Å²) in [4.78, 5) is 25.5. The van der Waals surface area contributed by atoms with E-state index in [0.29, 0.717) is 0 Å². The molecular weight excluding hydrogens is 296 g/mol. The van der Waals surface area contributed by atoms with E-state index >= 15 is 0 Å². The number of hydrogen-bond donors (Lipinski definition) is 2. The predicted molar refractivity (Wildman–Crippen MR) is 92.0 cm³/mol. The third kappa shape index (κ3) is 3.58. The maximum atomic E-state index is 12.2. The highest BCUT2D eigenvalue weighted by Crippen LogP contribution is 2.38. The number of fused-ring (bicyclic) bond motifs is 1. The lowest BCUT2D eigenvalue weighted by Gasteiger charge is -2.12. The SMILES string of the molecule is CC.CC(=O)c1c(NC(=O)C2CCCN2)sc2c1CCCC2. The third-order valence-corrected chi connectivity index (χ3v) is 5.34. The van der Waals surface area contributed by atoms with Gasteiger partial charge in [0.25, 0.3) is 0 Å². The number of carbonyl (C=O) groups excluding carboxylic acids is 2. The van der Waals surface area contributed by atoms with E-state index in [4.69, 9.17) is 0 Å². The fourth-order valence-electron chi connectivity index (χ4n) is 3.13. The third-order valence-electron chi connectivity index (χ3n) is 4.14. The van der Waals surface area contributed by atoms with Gasteiger partial charge in [0.15, 0.2) is 5.78 Å². The van der Waals surface area contributed by atoms with Crippen LogP contribution in [0.25, 0.3) is 0 Å². The molecule has 22 heavy (non-hydrogen) atoms. The van der Waals surface area contributed by atoms with Crippen molar-refractivity contribution in [3.8, 4) is 0 Å². The smallest absolute Gasteiger partial charge is 0.242 e. The van der Waals surface area contributed by atoms with Gasteiger partial charge in [-0.2, -0.15) is 0 Å². The largest absolute Gasteiger partial charge is 0.316 e. The molecule has 122 valence electrons. The summed E-state index contributed by atoms with van der Waals surface area (Å²) in [5.41, 5.74) is 1.94. The molecule has 1 aromatic rings. The summed E-state index contributed by atoms with van der Waals surface area (Å²) in [6, 6.07) is -0.103. The fourth-order valence-corrected chi connectivity index (χ4v) is 4.47. The van der Waals surface area contributed by atoms with Crippen molar-refractivity contribution in [2.75, 3.05) is 11.9 Å². The summed E-state index contributed by atoms with van der Waals surface area (Å²) >= 11 is 1.60. The van der Waals surface area contributed by atoms with Crippen LogP contribution >= 0.6 is 11.3 Å². The molecule has 1 aromatic heterocycles. The number of Topliss-reactive ketones (excluding diaryl/α,β-unsaturated/α-hetero) is 1. The van der Waals surface area contributed by atoms with Crippen molar-refractivity contribution < 1.29 is 9.59 Å². The van der Waals surface area contributed by atoms with Gasteiger partial charge in [-0.15, -0.1) is 11.3 Å². The first-order valence-corrected chi connectivity index (χ1v) is 9.18. The van der Waals surface area contributed by atoms with E-state index in [1.54, 1.807) is 18.3 Å². The second kappa shape index (κ2) is 7.88. The standard InChI is InChI=1S/C15H20N2O2S.C2H6/c1-9(18)13-10-5-2-3-7-12(10)20-15(13)17-14(19)11-6-4-8-16-11;1-2/h11,16H,2-8H2,1H3,(H,17,19);1-2H3. The van der Waals surface area contributed by atoms with Crippen molar-refractivity contribution in [3.05, 3.63) is 16.0 Å². The maximum absolute atomic E-state index is 12.2. The molecule has 2 heterocycles. The molecule has 1 amide bonds. The number of ketones is 1. The summed E-state index contributed by atoms with van der Waals surface area (Å²) in [7, 11) is 0. The Morgan fingerprint density at radius 2 is 1.91 bits per heavy atom. The zero-order valence-electron chi connectivity index (χ0n) is 13.8. The van der Waals surface area contributed by atoms with Crippen LogP contribution in [-0.4, -0.2) is 24.3 Å². The quantitative estimate of drug-likeness (QED) is 0.837. The molecule has 1 unspecified atom stereocenters. The number of anilines is 1. The van der Waals surface area contributed by atoms with Crippen molar-refractivity contribution in [1.29, 1.82) is 0 Å². The van der Waals surface area contributed by atoms with E-state index < -0.39 is 0 Å². The van der Waals surface area contributed by atoms with Gasteiger partial charge in [0, 0.05) is 4.88 Å². The minimum absolute atomic E-state index is 0.00333. The molecule has 1 aliphatic carbocycles. The van der Waals surface area contributed by atoms with Gasteiger partial charge in [0.1, 0.15) is 5.00 Å². The molecule has 1 fully saturated rings. The number of amides is 1. The second-order valence-corrected chi connectivity index (χ2v) is 6.71. The number of carbonyl (C=O) groups is 2. The maximum Gasteiger partial charge on any atom is 0.242 e. The molecular formula is C17H26N2O2S. The highest BCUT2D eigenvalue weighted by molar-refractivity contribution is 7.17. The zero-order chi connectivity index (χ0) is 16.1. The Kier molecular flexibility index (Phi) is 6.15. The topological polar surface area (TPSA) is 58.2 Å². The lowest BCUT2D eigenvalue weighted by Crippen LogP contribution is -2.35. The van der Waals surface area contributed by atoms with Crippen LogP contribution in [0.2, 0.25) is 0 Å². The number of hydrogen-bond acceptors (Lipinski definition) is 4. The van der Waals surface area contributed by atoms with Gasteiger partial charge in [0.2, 0.25) is 5.91 Å². The van der Waals surface area contributed by atoms with Gasteiger partial charge >= 0.3 is 0 Å². The summed E-state index contributed by atoms with van der Waals surface area (Å²) in [5, 5.41) is 6.95. The van der Waals surface area contributed by atoms with Gasteiger partial charge < -0.3 is 10.6 Å². The van der Waals surface area contributed by atoms with Crippen LogP contribution in [0, 0.1) is 0 Å². The van der Waals surface area contributed by atoms with Gasteiger partial charge in [-0.1, -0.05) is 13.8 Å². The molecule has 0 bridgehead atoms. The summed E-state index contributed by atoms with van der Waals surface area (Å²) in [5.74, 6) is 0.0719. The van der Waals surface area contributed by atoms with Gasteiger partial charge in [-0.25, -0.2) is 0 Å². The van der Waals surface area contributed by atoms with Gasteiger partial charge in [0.05, 0.1) is 11.6 Å². The predicted octanol–water partition coefficient (Wildman–Crippen LogP) is 3.55. The van der Waals surface area contributed by atoms with E-state index in [1.165, 1.54) is 16.9 Å². The number of nitrogens with one attached hydrogen (secondary N) is 2. The van der Waals surface area contributed by atoms with Crippen molar-refractivity contribution in [2.45, 2.75) is 65.3 Å². The summed E-state index contributed by atoms with van der Waals surface area (Å²) in [6.45, 7) is 6.50. The molecule has 5 heteroatoms. The second-order valence-electron chi connectivity index (χ2n) is 5.61. The molecule has 1 saturated heterocycles. The van der Waals surface area contributed by atoms with Crippen LogP contribution in [0.5, 0.6) is 0 Å². The minimum Gasteiger partial charge on any atom is -0.316 e. The van der Waals surface area contributed by atoms with E-state index in [0.717, 1.165) is 49.2 Å². The van der Waals surface area contributed by atoms with Crippen molar-refractivity contribution in [2.24, 2.45) is 0 Å². The molecule has 2 aliphatic rings. The number of rotatable bonds is 3. The van der Waals surface area contributed by atoms with Crippen LogP contribution in [0.15, 0.2) is 0 Å². The number of aryl methyl sites for hydroxylation is 1. The molecule has 4 nitrogen and oxygen atoms in total. The lowest BCUT2D eigenvalue weighted by molar-refractivity contribution is -0.117. The van der Waals surface area contributed by atoms with Crippen LogP contribution in [0.1, 0.15) is 67.3 Å². The molecule has 0 radical (unpaired) electrons. The van der Waals surface area contributed by atoms with Crippen LogP contribution < -0.4 is 10.6 Å². The van der Waals surface area contributed by atoms with E-state index in [1.807, 2.05) is 13.8 Å². The number of thiophene rings is 1. The summed E-state index contributed by atoms with van der Waals surface area (Å²) < 4.78 is 0. The average Bonchev–Trinajstić information content (AvgIpc) is 3.16. The van der Waals surface area contributed by atoms with Crippen molar-refractivity contribution in [3.63, 3.8) is 0 Å². The normalized spacial score (nSPS) is 19.9. The fraction of sp³-hybridized carbons (Fsp3) is 0.647. The van der Waals surface area contributed by atoms with Crippen molar-refractivity contribution >= 4 is 28.0 Å². The molecule has 0 spiro atoms. The van der Waals surface area contributed by atoms with Crippen LogP contribution in [0.4, 0.5) is 5.00 Å². The first-order valence-electron chi connectivity index (χ1n) is 8.36. The Balaban J connectivity index is 0.000000847. The summed E-state index contributed by atoms with van der Waals surface area (Å²) in [6.07, 6.45) is 6.26. The van der Waals surface area contributed by atoms with Crippen molar-refractivity contribution in [1.82, 2.24) is 5.32 Å². The van der Waals surface area contributed by atoms with Gasteiger partial charge in [-0.3, -0.25) is 9.59 Å². The van der Waals surface area contributed by atoms with Gasteiger partial charge in [-0.05, 0) is 57.6 Å². The molecule has 2 N–H and O–H groups in total. The Morgan fingerprint density at radius 3 is 2.55 bits per heavy atom. The van der Waals surface area contributed by atoms with Crippen LogP contribution in [0.3, 0.4) is 0 Å². The monoisotopic (exact) mass is 322 g/mol. The zero-order valence-corrected chi connectivity index (χ0v) is 14.6. The van der Waals surface area contributed by atoms with Crippen LogP contribution in [-0.2, 0) is 17.6 Å². The average molecular weight is 322 g/mol. The Morgan fingerprint density at radius 1 is 1.18 bits per heavy atom. The Hall–Kier alpha value is -1.20. The molecule has 1 atom stereocenters. The molecule has 1 aliphatic heterocycles. The highest BCUT2D eigenvalue weighted by atomic mass is 32.1. The minimum atomic E-state index is -0.103. The lowest BCUT2D eigenvalue weighted by atomic mass is 9.94. The van der Waals surface area contributed by atoms with E-state index in [-0.39, 0.29) is 17.7 Å². The molecule has 3 rings (SSSR count). The highest BCUT2D eigenvalue weighted by Gasteiger charge is 2.27. The first kappa shape index (κ1) is 17.2. The van der Waals surface area contributed by atoms with E-state index in [2.05, 4.69) is 10.6 Å². The van der Waals surface area contributed by atoms with E-state index in [9.17, 15) is 9.59 Å².